The molecule has 4 rings (SSSR count). The van der Waals surface area contributed by atoms with Crippen LogP contribution >= 0.6 is 34.7 Å². The van der Waals surface area contributed by atoms with Gasteiger partial charge in [0.1, 0.15) is 22.8 Å². The molecule has 2 aromatic carbocycles. The maximum atomic E-state index is 12.9. The molecule has 0 radical (unpaired) electrons. The third-order valence-electron chi connectivity index (χ3n) is 4.60. The van der Waals surface area contributed by atoms with Crippen molar-refractivity contribution in [2.75, 3.05) is 16.4 Å². The van der Waals surface area contributed by atoms with Crippen LogP contribution in [0.4, 0.5) is 15.2 Å². The molecule has 2 N–H and O–H groups in total. The number of halogens is 2. The van der Waals surface area contributed by atoms with E-state index in [9.17, 15) is 14.0 Å². The summed E-state index contributed by atoms with van der Waals surface area (Å²) in [5.41, 5.74) is 2.51. The van der Waals surface area contributed by atoms with Crippen LogP contribution in [0, 0.1) is 12.7 Å². The van der Waals surface area contributed by atoms with Gasteiger partial charge >= 0.3 is 0 Å². The summed E-state index contributed by atoms with van der Waals surface area (Å²) in [4.78, 5) is 29.4. The van der Waals surface area contributed by atoms with Crippen molar-refractivity contribution in [3.8, 4) is 11.3 Å². The Hall–Kier alpha value is -3.21. The number of nitrogens with zero attached hydrogens (tertiary/aromatic N) is 2. The van der Waals surface area contributed by atoms with Crippen LogP contribution in [0.2, 0.25) is 5.02 Å². The van der Waals surface area contributed by atoms with E-state index < -0.39 is 5.91 Å². The first-order chi connectivity index (χ1) is 16.4. The summed E-state index contributed by atoms with van der Waals surface area (Å²) < 4.78 is 18.2. The smallest absolute Gasteiger partial charge is 0.263 e. The van der Waals surface area contributed by atoms with Crippen LogP contribution in [-0.4, -0.2) is 27.7 Å². The fourth-order valence-corrected chi connectivity index (χ4v) is 4.80. The number of carbonyl (C=O) groups is 2. The number of hydrogen-bond acceptors (Lipinski definition) is 7. The predicted molar refractivity (Wildman–Crippen MR) is 133 cm³/mol. The average Bonchev–Trinajstić information content (AvgIpc) is 3.42. The molecular weight excluding hydrogens is 499 g/mol. The molecule has 34 heavy (non-hydrogen) atoms. The third-order valence-corrected chi connectivity index (χ3v) is 6.70. The molecule has 0 bridgehead atoms. The lowest BCUT2D eigenvalue weighted by molar-refractivity contribution is -0.113. The number of nitrogens with one attached hydrogen (secondary N) is 2. The quantitative estimate of drug-likeness (QED) is 0.297. The summed E-state index contributed by atoms with van der Waals surface area (Å²) in [5, 5.41) is 12.2. The molecule has 4 aromatic rings. The summed E-state index contributed by atoms with van der Waals surface area (Å²) in [5.74, 6) is 0.0965. The number of amides is 2. The minimum atomic E-state index is -0.402. The minimum absolute atomic E-state index is 0.199. The topological polar surface area (TPSA) is 97.1 Å². The Bertz CT molecular complexity index is 1320. The standard InChI is InChI=1S/C23H18ClFN4O3S2/c1-13-20(21(29-32-13)17-4-2-3-5-18(17)24)22(31)28-23-27-16(11-34-23)10-33-12-19(30)26-15-8-6-14(25)7-9-15/h2-9,11H,10,12H2,1H3,(H,26,30)(H,27,28,31). The van der Waals surface area contributed by atoms with Gasteiger partial charge in [-0.2, -0.15) is 0 Å². The van der Waals surface area contributed by atoms with Gasteiger partial charge in [-0.15, -0.1) is 23.1 Å². The number of aryl methyl sites for hydroxylation is 1. The number of benzene rings is 2. The third kappa shape index (κ3) is 5.82. The van der Waals surface area contributed by atoms with E-state index in [0.717, 1.165) is 5.69 Å². The van der Waals surface area contributed by atoms with Crippen molar-refractivity contribution in [3.63, 3.8) is 0 Å². The molecule has 0 unspecified atom stereocenters. The molecule has 0 saturated carbocycles. The second-order valence-corrected chi connectivity index (χ2v) is 9.34. The Morgan fingerprint density at radius 2 is 1.91 bits per heavy atom. The van der Waals surface area contributed by atoms with Crippen LogP contribution in [0.3, 0.4) is 0 Å². The molecular formula is C23H18ClFN4O3S2. The van der Waals surface area contributed by atoms with Gasteiger partial charge in [0, 0.05) is 22.4 Å². The van der Waals surface area contributed by atoms with E-state index in [-0.39, 0.29) is 23.0 Å². The van der Waals surface area contributed by atoms with Crippen LogP contribution in [0.5, 0.6) is 0 Å². The van der Waals surface area contributed by atoms with E-state index in [4.69, 9.17) is 16.1 Å². The highest BCUT2D eigenvalue weighted by molar-refractivity contribution is 7.99. The maximum Gasteiger partial charge on any atom is 0.263 e. The molecule has 2 amide bonds. The first-order valence-electron chi connectivity index (χ1n) is 10.0. The number of hydrogen-bond donors (Lipinski definition) is 2. The molecule has 2 heterocycles. The van der Waals surface area contributed by atoms with Crippen LogP contribution in [-0.2, 0) is 10.5 Å². The van der Waals surface area contributed by atoms with Gasteiger partial charge in [0.25, 0.3) is 5.91 Å². The summed E-state index contributed by atoms with van der Waals surface area (Å²) in [6.07, 6.45) is 0. The Balaban J connectivity index is 1.33. The molecule has 0 atom stereocenters. The highest BCUT2D eigenvalue weighted by Gasteiger charge is 2.23. The molecule has 7 nitrogen and oxygen atoms in total. The number of rotatable bonds is 8. The van der Waals surface area contributed by atoms with Gasteiger partial charge in [-0.05, 0) is 37.3 Å². The van der Waals surface area contributed by atoms with Crippen LogP contribution in [0.25, 0.3) is 11.3 Å². The molecule has 174 valence electrons. The van der Waals surface area contributed by atoms with E-state index in [1.54, 1.807) is 31.2 Å². The van der Waals surface area contributed by atoms with Gasteiger partial charge in [-0.1, -0.05) is 35.0 Å². The van der Waals surface area contributed by atoms with E-state index in [0.29, 0.717) is 38.6 Å². The Morgan fingerprint density at radius 1 is 1.15 bits per heavy atom. The summed E-state index contributed by atoms with van der Waals surface area (Å²) >= 11 is 8.92. The van der Waals surface area contributed by atoms with Crippen LogP contribution in [0.1, 0.15) is 21.8 Å². The van der Waals surface area contributed by atoms with Gasteiger partial charge in [-0.3, -0.25) is 14.9 Å². The van der Waals surface area contributed by atoms with Crippen molar-refractivity contribution in [2.24, 2.45) is 0 Å². The lowest BCUT2D eigenvalue weighted by atomic mass is 10.1. The van der Waals surface area contributed by atoms with Crippen molar-refractivity contribution >= 4 is 57.3 Å². The molecule has 0 spiro atoms. The second kappa shape index (κ2) is 10.8. The molecule has 0 aliphatic rings. The van der Waals surface area contributed by atoms with Crippen molar-refractivity contribution in [2.45, 2.75) is 12.7 Å². The minimum Gasteiger partial charge on any atom is -0.360 e. The Kier molecular flexibility index (Phi) is 7.61. The largest absolute Gasteiger partial charge is 0.360 e. The monoisotopic (exact) mass is 516 g/mol. The van der Waals surface area contributed by atoms with E-state index >= 15 is 0 Å². The number of thiazole rings is 1. The maximum absolute atomic E-state index is 12.9. The van der Waals surface area contributed by atoms with E-state index in [2.05, 4.69) is 20.8 Å². The zero-order valence-corrected chi connectivity index (χ0v) is 20.2. The molecule has 2 aromatic heterocycles. The lowest BCUT2D eigenvalue weighted by Crippen LogP contribution is -2.14. The fourth-order valence-electron chi connectivity index (χ4n) is 3.05. The molecule has 0 fully saturated rings. The Labute approximate surface area is 207 Å². The van der Waals surface area contributed by atoms with Crippen molar-refractivity contribution in [1.82, 2.24) is 10.1 Å². The van der Waals surface area contributed by atoms with Crippen molar-refractivity contribution in [3.05, 3.63) is 81.8 Å². The summed E-state index contributed by atoms with van der Waals surface area (Å²) in [6, 6.07) is 12.6. The lowest BCUT2D eigenvalue weighted by Gasteiger charge is -2.05. The predicted octanol–water partition coefficient (Wildman–Crippen LogP) is 6.02. The number of carbonyl (C=O) groups excluding carboxylic acids is 2. The van der Waals surface area contributed by atoms with Gasteiger partial charge in [0.2, 0.25) is 5.91 Å². The van der Waals surface area contributed by atoms with Gasteiger partial charge in [0.15, 0.2) is 5.13 Å². The van der Waals surface area contributed by atoms with E-state index in [1.807, 2.05) is 5.38 Å². The summed E-state index contributed by atoms with van der Waals surface area (Å²) in [7, 11) is 0. The average molecular weight is 517 g/mol. The molecule has 11 heteroatoms. The number of aromatic nitrogens is 2. The van der Waals surface area contributed by atoms with Crippen LogP contribution < -0.4 is 10.6 Å². The number of anilines is 2. The van der Waals surface area contributed by atoms with Gasteiger partial charge < -0.3 is 9.84 Å². The molecule has 0 aliphatic heterocycles. The number of thioether (sulfide) groups is 1. The SMILES string of the molecule is Cc1onc(-c2ccccc2Cl)c1C(=O)Nc1nc(CSCC(=O)Nc2ccc(F)cc2)cs1. The first-order valence-corrected chi connectivity index (χ1v) is 12.4. The zero-order valence-electron chi connectivity index (χ0n) is 17.8. The summed E-state index contributed by atoms with van der Waals surface area (Å²) in [6.45, 7) is 1.66. The van der Waals surface area contributed by atoms with Gasteiger partial charge in [-0.25, -0.2) is 9.37 Å². The second-order valence-electron chi connectivity index (χ2n) is 7.09. The van der Waals surface area contributed by atoms with Crippen molar-refractivity contribution in [1.29, 1.82) is 0 Å². The normalized spacial score (nSPS) is 10.8. The van der Waals surface area contributed by atoms with Gasteiger partial charge in [0.05, 0.1) is 16.5 Å². The van der Waals surface area contributed by atoms with Crippen molar-refractivity contribution < 1.29 is 18.5 Å². The van der Waals surface area contributed by atoms with Crippen LogP contribution in [0.15, 0.2) is 58.4 Å². The highest BCUT2D eigenvalue weighted by atomic mass is 35.5. The Morgan fingerprint density at radius 3 is 2.68 bits per heavy atom. The highest BCUT2D eigenvalue weighted by Crippen LogP contribution is 2.31. The fraction of sp³-hybridized carbons (Fsp3) is 0.130. The molecule has 0 saturated heterocycles. The zero-order chi connectivity index (χ0) is 24.1. The first kappa shape index (κ1) is 23.9. The molecule has 0 aliphatic carbocycles. The van der Waals surface area contributed by atoms with E-state index in [1.165, 1.54) is 47.4 Å².